The third kappa shape index (κ3) is 2.78. The van der Waals surface area contributed by atoms with Gasteiger partial charge in [0, 0.05) is 6.07 Å². The number of anilines is 1. The lowest BCUT2D eigenvalue weighted by Gasteiger charge is -2.02. The van der Waals surface area contributed by atoms with Crippen LogP contribution in [0.15, 0.2) is 36.4 Å². The van der Waals surface area contributed by atoms with Gasteiger partial charge in [-0.25, -0.2) is 4.98 Å². The number of aryl methyl sites for hydroxylation is 2. The zero-order chi connectivity index (χ0) is 16.6. The number of nitrogens with zero attached hydrogens (tertiary/aromatic N) is 2. The van der Waals surface area contributed by atoms with E-state index in [1.807, 2.05) is 26.0 Å². The highest BCUT2D eigenvalue weighted by molar-refractivity contribution is 7.22. The zero-order valence-corrected chi connectivity index (χ0v) is 13.3. The first-order chi connectivity index (χ1) is 11.0. The minimum atomic E-state index is -0.569. The van der Waals surface area contributed by atoms with E-state index < -0.39 is 10.8 Å². The number of hydrogen-bond donors (Lipinski definition) is 1. The number of nitro benzene ring substituents is 1. The van der Waals surface area contributed by atoms with E-state index in [4.69, 9.17) is 0 Å². The number of rotatable bonds is 3. The molecule has 0 saturated carbocycles. The molecule has 0 aliphatic heterocycles. The molecule has 1 amide bonds. The summed E-state index contributed by atoms with van der Waals surface area (Å²) in [5, 5.41) is 14.1. The van der Waals surface area contributed by atoms with Gasteiger partial charge in [-0.15, -0.1) is 0 Å². The van der Waals surface area contributed by atoms with Crippen LogP contribution in [-0.4, -0.2) is 15.8 Å². The van der Waals surface area contributed by atoms with Gasteiger partial charge in [0.1, 0.15) is 5.56 Å². The lowest BCUT2D eigenvalue weighted by molar-refractivity contribution is -0.385. The molecule has 2 aromatic carbocycles. The van der Waals surface area contributed by atoms with E-state index in [9.17, 15) is 14.9 Å². The number of nitro groups is 1. The van der Waals surface area contributed by atoms with Crippen LogP contribution in [0.2, 0.25) is 0 Å². The average Bonchev–Trinajstić information content (AvgIpc) is 2.94. The molecular formula is C16H13N3O3S. The Balaban J connectivity index is 1.95. The maximum absolute atomic E-state index is 12.3. The van der Waals surface area contributed by atoms with Crippen LogP contribution in [-0.2, 0) is 0 Å². The van der Waals surface area contributed by atoms with Crippen LogP contribution < -0.4 is 5.32 Å². The quantitative estimate of drug-likeness (QED) is 0.580. The molecule has 1 heterocycles. The van der Waals surface area contributed by atoms with Gasteiger partial charge in [0.2, 0.25) is 0 Å². The van der Waals surface area contributed by atoms with Crippen molar-refractivity contribution in [1.82, 2.24) is 4.98 Å². The van der Waals surface area contributed by atoms with E-state index in [2.05, 4.69) is 10.3 Å². The van der Waals surface area contributed by atoms with Gasteiger partial charge in [0.05, 0.1) is 15.1 Å². The molecular weight excluding hydrogens is 314 g/mol. The Morgan fingerprint density at radius 1 is 1.22 bits per heavy atom. The third-order valence-corrected chi connectivity index (χ3v) is 4.59. The van der Waals surface area contributed by atoms with E-state index >= 15 is 0 Å². The summed E-state index contributed by atoms with van der Waals surface area (Å²) in [6.45, 7) is 3.98. The summed E-state index contributed by atoms with van der Waals surface area (Å²) in [5.74, 6) is -0.536. The van der Waals surface area contributed by atoms with Crippen molar-refractivity contribution in [1.29, 1.82) is 0 Å². The molecule has 1 N–H and O–H groups in total. The first kappa shape index (κ1) is 15.1. The fourth-order valence-corrected chi connectivity index (χ4v) is 3.19. The highest BCUT2D eigenvalue weighted by Crippen LogP contribution is 2.30. The van der Waals surface area contributed by atoms with Gasteiger partial charge in [0.15, 0.2) is 5.13 Å². The fraction of sp³-hybridized carbons (Fsp3) is 0.125. The van der Waals surface area contributed by atoms with Crippen molar-refractivity contribution in [2.75, 3.05) is 5.32 Å². The first-order valence-electron chi connectivity index (χ1n) is 6.89. The Morgan fingerprint density at radius 2 is 1.96 bits per heavy atom. The van der Waals surface area contributed by atoms with E-state index in [0.29, 0.717) is 5.13 Å². The normalized spacial score (nSPS) is 10.7. The van der Waals surface area contributed by atoms with E-state index in [1.54, 1.807) is 6.07 Å². The highest BCUT2D eigenvalue weighted by atomic mass is 32.1. The van der Waals surface area contributed by atoms with Gasteiger partial charge in [-0.3, -0.25) is 20.2 Å². The molecule has 7 heteroatoms. The van der Waals surface area contributed by atoms with Crippen molar-refractivity contribution in [3.63, 3.8) is 0 Å². The summed E-state index contributed by atoms with van der Waals surface area (Å²) >= 11 is 1.34. The van der Waals surface area contributed by atoms with Crippen LogP contribution in [0, 0.1) is 24.0 Å². The van der Waals surface area contributed by atoms with Crippen molar-refractivity contribution in [2.45, 2.75) is 13.8 Å². The topological polar surface area (TPSA) is 85.1 Å². The molecule has 3 aromatic rings. The summed E-state index contributed by atoms with van der Waals surface area (Å²) in [6, 6.07) is 9.81. The van der Waals surface area contributed by atoms with Gasteiger partial charge in [-0.1, -0.05) is 29.5 Å². The standard InChI is InChI=1S/C16H13N3O3S/c1-9-7-8-13-14(10(9)2)17-16(23-13)18-15(20)11-5-3-4-6-12(11)19(21)22/h3-8H,1-2H3,(H,17,18,20). The molecule has 0 bridgehead atoms. The molecule has 3 rings (SSSR count). The SMILES string of the molecule is Cc1ccc2sc(NC(=O)c3ccccc3[N+](=O)[O-])nc2c1C. The molecule has 116 valence electrons. The van der Waals surface area contributed by atoms with Crippen molar-refractivity contribution in [3.8, 4) is 0 Å². The predicted molar refractivity (Wildman–Crippen MR) is 90.1 cm³/mol. The Bertz CT molecular complexity index is 933. The molecule has 6 nitrogen and oxygen atoms in total. The zero-order valence-electron chi connectivity index (χ0n) is 12.5. The molecule has 0 aliphatic rings. The second-order valence-electron chi connectivity index (χ2n) is 5.10. The van der Waals surface area contributed by atoms with Gasteiger partial charge >= 0.3 is 0 Å². The third-order valence-electron chi connectivity index (χ3n) is 3.65. The number of carbonyl (C=O) groups is 1. The number of para-hydroxylation sites is 1. The Kier molecular flexibility index (Phi) is 3.79. The number of hydrogen-bond acceptors (Lipinski definition) is 5. The van der Waals surface area contributed by atoms with E-state index in [-0.39, 0.29) is 11.3 Å². The predicted octanol–water partition coefficient (Wildman–Crippen LogP) is 4.07. The summed E-state index contributed by atoms with van der Waals surface area (Å²) in [7, 11) is 0. The number of aromatic nitrogens is 1. The molecule has 0 fully saturated rings. The molecule has 1 aromatic heterocycles. The van der Waals surface area contributed by atoms with Crippen LogP contribution >= 0.6 is 11.3 Å². The van der Waals surface area contributed by atoms with Crippen molar-refractivity contribution in [2.24, 2.45) is 0 Å². The van der Waals surface area contributed by atoms with Crippen LogP contribution in [0.25, 0.3) is 10.2 Å². The van der Waals surface area contributed by atoms with Gasteiger partial charge in [-0.2, -0.15) is 0 Å². The number of benzene rings is 2. The van der Waals surface area contributed by atoms with E-state index in [0.717, 1.165) is 21.3 Å². The molecule has 0 unspecified atom stereocenters. The minimum absolute atomic E-state index is 0.0182. The Labute approximate surface area is 135 Å². The van der Waals surface area contributed by atoms with Crippen molar-refractivity contribution >= 4 is 38.3 Å². The largest absolute Gasteiger partial charge is 0.298 e. The maximum Gasteiger partial charge on any atom is 0.282 e. The number of thiazole rings is 1. The smallest absolute Gasteiger partial charge is 0.282 e. The van der Waals surface area contributed by atoms with Crippen LogP contribution in [0.4, 0.5) is 10.8 Å². The van der Waals surface area contributed by atoms with Gasteiger partial charge in [-0.05, 0) is 37.1 Å². The van der Waals surface area contributed by atoms with Crippen molar-refractivity contribution < 1.29 is 9.72 Å². The summed E-state index contributed by atoms with van der Waals surface area (Å²) < 4.78 is 0.964. The summed E-state index contributed by atoms with van der Waals surface area (Å²) in [5.41, 5.74) is 2.82. The van der Waals surface area contributed by atoms with Crippen LogP contribution in [0.3, 0.4) is 0 Å². The lowest BCUT2D eigenvalue weighted by Crippen LogP contribution is -2.13. The molecule has 0 saturated heterocycles. The Hall–Kier alpha value is -2.80. The molecule has 0 aliphatic carbocycles. The fourth-order valence-electron chi connectivity index (χ4n) is 2.27. The monoisotopic (exact) mass is 327 g/mol. The van der Waals surface area contributed by atoms with Gasteiger partial charge in [0.25, 0.3) is 11.6 Å². The first-order valence-corrected chi connectivity index (χ1v) is 7.70. The Morgan fingerprint density at radius 3 is 2.70 bits per heavy atom. The van der Waals surface area contributed by atoms with Gasteiger partial charge < -0.3 is 0 Å². The summed E-state index contributed by atoms with van der Waals surface area (Å²) in [4.78, 5) is 27.2. The molecule has 0 radical (unpaired) electrons. The number of carbonyl (C=O) groups excluding carboxylic acids is 1. The average molecular weight is 327 g/mol. The number of nitrogens with one attached hydrogen (secondary N) is 1. The second kappa shape index (κ2) is 5.77. The minimum Gasteiger partial charge on any atom is -0.298 e. The van der Waals surface area contributed by atoms with Crippen molar-refractivity contribution in [3.05, 3.63) is 63.2 Å². The number of amides is 1. The van der Waals surface area contributed by atoms with Crippen LogP contribution in [0.5, 0.6) is 0 Å². The highest BCUT2D eigenvalue weighted by Gasteiger charge is 2.20. The molecule has 0 spiro atoms. The second-order valence-corrected chi connectivity index (χ2v) is 6.13. The van der Waals surface area contributed by atoms with E-state index in [1.165, 1.54) is 29.5 Å². The lowest BCUT2D eigenvalue weighted by atomic mass is 10.1. The maximum atomic E-state index is 12.3. The number of fused-ring (bicyclic) bond motifs is 1. The molecule has 23 heavy (non-hydrogen) atoms. The summed E-state index contributed by atoms with van der Waals surface area (Å²) in [6.07, 6.45) is 0. The molecule has 0 atom stereocenters. The van der Waals surface area contributed by atoms with Crippen LogP contribution in [0.1, 0.15) is 21.5 Å².